The Morgan fingerprint density at radius 1 is 0.972 bits per heavy atom. The number of halogens is 1. The van der Waals surface area contributed by atoms with E-state index in [1.165, 1.54) is 11.8 Å². The molecule has 186 valence electrons. The van der Waals surface area contributed by atoms with Gasteiger partial charge in [0.25, 0.3) is 0 Å². The number of thioether (sulfide) groups is 1. The molecule has 3 aromatic carbocycles. The third-order valence-corrected chi connectivity index (χ3v) is 6.46. The molecule has 0 unspecified atom stereocenters. The second-order valence-electron chi connectivity index (χ2n) is 8.06. The Balaban J connectivity index is 1.52. The minimum absolute atomic E-state index is 0.118. The van der Waals surface area contributed by atoms with Crippen LogP contribution in [0, 0.1) is 13.8 Å². The van der Waals surface area contributed by atoms with Gasteiger partial charge in [0, 0.05) is 16.4 Å². The molecule has 0 aliphatic heterocycles. The third kappa shape index (κ3) is 6.59. The van der Waals surface area contributed by atoms with Gasteiger partial charge in [-0.15, -0.1) is 10.2 Å². The fourth-order valence-corrected chi connectivity index (χ4v) is 4.45. The molecule has 0 fully saturated rings. The maximum atomic E-state index is 12.7. The van der Waals surface area contributed by atoms with E-state index in [2.05, 4.69) is 15.5 Å². The van der Waals surface area contributed by atoms with Gasteiger partial charge in [-0.3, -0.25) is 9.36 Å². The lowest BCUT2D eigenvalue weighted by atomic mass is 10.1. The highest BCUT2D eigenvalue weighted by Crippen LogP contribution is 2.26. The molecular weight excluding hydrogens is 496 g/mol. The lowest BCUT2D eigenvalue weighted by Crippen LogP contribution is -2.15. The van der Waals surface area contributed by atoms with Crippen molar-refractivity contribution in [3.05, 3.63) is 88.7 Å². The lowest BCUT2D eigenvalue weighted by molar-refractivity contribution is -0.113. The number of anilines is 1. The number of carbonyl (C=O) groups excluding carboxylic acids is 1. The summed E-state index contributed by atoms with van der Waals surface area (Å²) < 4.78 is 13.4. The Hall–Kier alpha value is -3.49. The smallest absolute Gasteiger partial charge is 0.234 e. The summed E-state index contributed by atoms with van der Waals surface area (Å²) in [5, 5.41) is 12.9. The number of benzene rings is 3. The van der Waals surface area contributed by atoms with E-state index in [0.717, 1.165) is 28.3 Å². The summed E-state index contributed by atoms with van der Waals surface area (Å²) in [6.07, 6.45) is 0. The number of aryl methyl sites for hydroxylation is 2. The van der Waals surface area contributed by atoms with Crippen molar-refractivity contribution in [2.75, 3.05) is 17.7 Å². The van der Waals surface area contributed by atoms with E-state index < -0.39 is 0 Å². The molecule has 1 heterocycles. The second-order valence-corrected chi connectivity index (χ2v) is 9.44. The molecule has 36 heavy (non-hydrogen) atoms. The van der Waals surface area contributed by atoms with Crippen molar-refractivity contribution in [3.8, 4) is 17.2 Å². The van der Waals surface area contributed by atoms with Gasteiger partial charge in [0.2, 0.25) is 5.91 Å². The number of aromatic nitrogens is 3. The second kappa shape index (κ2) is 12.0. The molecule has 7 nitrogen and oxygen atoms in total. The van der Waals surface area contributed by atoms with Gasteiger partial charge >= 0.3 is 0 Å². The summed E-state index contributed by atoms with van der Waals surface area (Å²) in [5.74, 6) is 2.11. The van der Waals surface area contributed by atoms with Crippen molar-refractivity contribution in [1.29, 1.82) is 0 Å². The monoisotopic (exact) mass is 522 g/mol. The van der Waals surface area contributed by atoms with E-state index in [1.807, 2.05) is 67.8 Å². The SMILES string of the molecule is CCOc1ccc(-n2c(COc3ccc(Cl)cc3)nnc2SCC(=O)Nc2ccc(C)cc2C)cc1. The van der Waals surface area contributed by atoms with Gasteiger partial charge in [-0.25, -0.2) is 0 Å². The molecule has 9 heteroatoms. The summed E-state index contributed by atoms with van der Waals surface area (Å²) in [6.45, 7) is 6.72. The van der Waals surface area contributed by atoms with Gasteiger partial charge < -0.3 is 14.8 Å². The van der Waals surface area contributed by atoms with E-state index in [0.29, 0.717) is 28.4 Å². The quantitative estimate of drug-likeness (QED) is 0.248. The van der Waals surface area contributed by atoms with Crippen LogP contribution in [0.15, 0.2) is 71.9 Å². The molecule has 0 saturated carbocycles. The molecule has 4 rings (SSSR count). The molecular formula is C27H27ClN4O3S. The van der Waals surface area contributed by atoms with E-state index >= 15 is 0 Å². The predicted octanol–water partition coefficient (Wildman–Crippen LogP) is 6.25. The summed E-state index contributed by atoms with van der Waals surface area (Å²) in [5.41, 5.74) is 3.82. The Bertz CT molecular complexity index is 1320. The van der Waals surface area contributed by atoms with Crippen LogP contribution in [0.4, 0.5) is 5.69 Å². The van der Waals surface area contributed by atoms with Crippen LogP contribution in [0.2, 0.25) is 5.02 Å². The van der Waals surface area contributed by atoms with Crippen molar-refractivity contribution < 1.29 is 14.3 Å². The first-order valence-electron chi connectivity index (χ1n) is 11.5. The van der Waals surface area contributed by atoms with Crippen LogP contribution in [0.3, 0.4) is 0 Å². The van der Waals surface area contributed by atoms with E-state index in [9.17, 15) is 4.79 Å². The first-order chi connectivity index (χ1) is 17.4. The minimum atomic E-state index is -0.118. The average molecular weight is 523 g/mol. The van der Waals surface area contributed by atoms with Gasteiger partial charge in [0.1, 0.15) is 18.1 Å². The van der Waals surface area contributed by atoms with Crippen LogP contribution in [-0.2, 0) is 11.4 Å². The molecule has 0 spiro atoms. The standard InChI is InChI=1S/C27H27ClN4O3S/c1-4-34-22-12-8-21(9-13-22)32-25(16-35-23-10-6-20(28)7-11-23)30-31-27(32)36-17-26(33)29-24-14-5-18(2)15-19(24)3/h5-15H,4,16-17H2,1-3H3,(H,29,33). The Labute approximate surface area is 219 Å². The lowest BCUT2D eigenvalue weighted by Gasteiger charge is -2.12. The number of hydrogen-bond acceptors (Lipinski definition) is 6. The van der Waals surface area contributed by atoms with Crippen LogP contribution < -0.4 is 14.8 Å². The van der Waals surface area contributed by atoms with Gasteiger partial charge in [0.05, 0.1) is 12.4 Å². The molecule has 0 saturated heterocycles. The summed E-state index contributed by atoms with van der Waals surface area (Å²) >= 11 is 7.28. The first kappa shape index (κ1) is 25.6. The van der Waals surface area contributed by atoms with Gasteiger partial charge in [-0.2, -0.15) is 0 Å². The van der Waals surface area contributed by atoms with Crippen LogP contribution >= 0.6 is 23.4 Å². The number of nitrogens with zero attached hydrogens (tertiary/aromatic N) is 3. The van der Waals surface area contributed by atoms with Crippen molar-refractivity contribution >= 4 is 35.0 Å². The molecule has 1 aromatic heterocycles. The number of hydrogen-bond donors (Lipinski definition) is 1. The predicted molar refractivity (Wildman–Crippen MR) is 144 cm³/mol. The highest BCUT2D eigenvalue weighted by molar-refractivity contribution is 7.99. The van der Waals surface area contributed by atoms with Crippen LogP contribution in [0.25, 0.3) is 5.69 Å². The number of rotatable bonds is 10. The largest absolute Gasteiger partial charge is 0.494 e. The Morgan fingerprint density at radius 2 is 1.67 bits per heavy atom. The van der Waals surface area contributed by atoms with Crippen molar-refractivity contribution in [3.63, 3.8) is 0 Å². The zero-order valence-electron chi connectivity index (χ0n) is 20.3. The average Bonchev–Trinajstić information content (AvgIpc) is 3.27. The number of nitrogens with one attached hydrogen (secondary N) is 1. The van der Waals surface area contributed by atoms with Gasteiger partial charge in [-0.05, 0) is 80.9 Å². The van der Waals surface area contributed by atoms with Crippen LogP contribution in [0.5, 0.6) is 11.5 Å². The fraction of sp³-hybridized carbons (Fsp3) is 0.222. The fourth-order valence-electron chi connectivity index (χ4n) is 3.55. The highest BCUT2D eigenvalue weighted by atomic mass is 35.5. The molecule has 0 bridgehead atoms. The minimum Gasteiger partial charge on any atom is -0.494 e. The van der Waals surface area contributed by atoms with Crippen molar-refractivity contribution in [2.45, 2.75) is 32.5 Å². The van der Waals surface area contributed by atoms with E-state index in [4.69, 9.17) is 21.1 Å². The molecule has 0 aliphatic carbocycles. The zero-order valence-corrected chi connectivity index (χ0v) is 21.9. The van der Waals surface area contributed by atoms with Gasteiger partial charge in [-0.1, -0.05) is 41.1 Å². The highest BCUT2D eigenvalue weighted by Gasteiger charge is 2.17. The Kier molecular flexibility index (Phi) is 8.51. The number of ether oxygens (including phenoxy) is 2. The normalized spacial score (nSPS) is 10.8. The molecule has 4 aromatic rings. The van der Waals surface area contributed by atoms with Crippen molar-refractivity contribution in [2.24, 2.45) is 0 Å². The molecule has 0 aliphatic rings. The summed E-state index contributed by atoms with van der Waals surface area (Å²) in [7, 11) is 0. The Morgan fingerprint density at radius 3 is 2.36 bits per heavy atom. The maximum absolute atomic E-state index is 12.7. The molecule has 0 atom stereocenters. The van der Waals surface area contributed by atoms with Gasteiger partial charge in [0.15, 0.2) is 11.0 Å². The molecule has 0 radical (unpaired) electrons. The third-order valence-electron chi connectivity index (χ3n) is 5.28. The summed E-state index contributed by atoms with van der Waals surface area (Å²) in [4.78, 5) is 12.7. The van der Waals surface area contributed by atoms with E-state index in [-0.39, 0.29) is 18.3 Å². The maximum Gasteiger partial charge on any atom is 0.234 e. The topological polar surface area (TPSA) is 78.3 Å². The van der Waals surface area contributed by atoms with E-state index in [1.54, 1.807) is 24.3 Å². The number of amides is 1. The van der Waals surface area contributed by atoms with Crippen LogP contribution in [-0.4, -0.2) is 33.0 Å². The first-order valence-corrected chi connectivity index (χ1v) is 12.8. The molecule has 1 amide bonds. The molecule has 1 N–H and O–H groups in total. The number of carbonyl (C=O) groups is 1. The van der Waals surface area contributed by atoms with Crippen molar-refractivity contribution in [1.82, 2.24) is 14.8 Å². The summed E-state index contributed by atoms with van der Waals surface area (Å²) in [6, 6.07) is 20.7. The van der Waals surface area contributed by atoms with Crippen LogP contribution in [0.1, 0.15) is 23.9 Å². The zero-order chi connectivity index (χ0) is 25.5.